The van der Waals surface area contributed by atoms with E-state index in [1.54, 1.807) is 0 Å². The molecule has 0 saturated carbocycles. The van der Waals surface area contributed by atoms with Crippen LogP contribution in [-0.2, 0) is 6.42 Å². The Morgan fingerprint density at radius 2 is 1.76 bits per heavy atom. The van der Waals surface area contributed by atoms with Crippen molar-refractivity contribution in [3.05, 3.63) is 29.4 Å². The minimum Gasteiger partial charge on any atom is -0.339 e. The number of likely N-dealkylation sites (N-methyl/N-ethyl adjacent to an activating group) is 1. The Bertz CT molecular complexity index is 593. The van der Waals surface area contributed by atoms with Crippen molar-refractivity contribution >= 4 is 0 Å². The Kier molecular flexibility index (Phi) is 4.42. The second-order valence-corrected chi connectivity index (χ2v) is 6.56. The topological polar surface area (TPSA) is 63.8 Å². The van der Waals surface area contributed by atoms with Crippen LogP contribution in [0.25, 0.3) is 11.4 Å². The predicted molar refractivity (Wildman–Crippen MR) is 83.0 cm³/mol. The third-order valence-electron chi connectivity index (χ3n) is 3.58. The number of aromatic nitrogens is 3. The SMILES string of the molecule is CNC(Cc1nc(-c2cc(C)nc(C)c2)no1)C(C)(C)C. The average Bonchev–Trinajstić information content (AvgIpc) is 2.81. The van der Waals surface area contributed by atoms with Gasteiger partial charge in [0.2, 0.25) is 11.7 Å². The van der Waals surface area contributed by atoms with Crippen LogP contribution in [0.3, 0.4) is 0 Å². The number of pyridine rings is 1. The quantitative estimate of drug-likeness (QED) is 0.937. The highest BCUT2D eigenvalue weighted by molar-refractivity contribution is 5.55. The Morgan fingerprint density at radius 3 is 2.29 bits per heavy atom. The number of hydrogen-bond acceptors (Lipinski definition) is 5. The van der Waals surface area contributed by atoms with Crippen LogP contribution in [0.15, 0.2) is 16.7 Å². The molecule has 0 radical (unpaired) electrons. The second-order valence-electron chi connectivity index (χ2n) is 6.56. The normalized spacial score (nSPS) is 13.4. The van der Waals surface area contributed by atoms with Crippen LogP contribution < -0.4 is 5.32 Å². The van der Waals surface area contributed by atoms with Gasteiger partial charge in [0.15, 0.2) is 0 Å². The van der Waals surface area contributed by atoms with Crippen LogP contribution in [0.4, 0.5) is 0 Å². The fourth-order valence-electron chi connectivity index (χ4n) is 2.43. The van der Waals surface area contributed by atoms with Crippen LogP contribution in [-0.4, -0.2) is 28.2 Å². The molecule has 0 aliphatic heterocycles. The van der Waals surface area contributed by atoms with E-state index in [1.165, 1.54) is 0 Å². The van der Waals surface area contributed by atoms with Gasteiger partial charge in [0.1, 0.15) is 0 Å². The number of nitrogens with zero attached hydrogens (tertiary/aromatic N) is 3. The van der Waals surface area contributed by atoms with Crippen molar-refractivity contribution in [1.29, 1.82) is 0 Å². The van der Waals surface area contributed by atoms with Gasteiger partial charge in [0, 0.05) is 29.4 Å². The molecular formula is C16H24N4O. The molecule has 0 aliphatic carbocycles. The summed E-state index contributed by atoms with van der Waals surface area (Å²) in [5, 5.41) is 7.42. The molecule has 1 N–H and O–H groups in total. The van der Waals surface area contributed by atoms with Gasteiger partial charge in [-0.25, -0.2) is 0 Å². The molecule has 2 heterocycles. The standard InChI is InChI=1S/C16H24N4O/c1-10-7-12(8-11(2)18-10)15-19-14(21-20-15)9-13(17-6)16(3,4)5/h7-8,13,17H,9H2,1-6H3. The second kappa shape index (κ2) is 5.93. The summed E-state index contributed by atoms with van der Waals surface area (Å²) in [7, 11) is 1.96. The monoisotopic (exact) mass is 288 g/mol. The van der Waals surface area contributed by atoms with Gasteiger partial charge < -0.3 is 9.84 Å². The van der Waals surface area contributed by atoms with Crippen LogP contribution in [0.5, 0.6) is 0 Å². The van der Waals surface area contributed by atoms with E-state index in [2.05, 4.69) is 41.2 Å². The Labute approximate surface area is 126 Å². The lowest BCUT2D eigenvalue weighted by Crippen LogP contribution is -2.39. The lowest BCUT2D eigenvalue weighted by molar-refractivity contribution is 0.255. The number of rotatable bonds is 4. The maximum atomic E-state index is 5.40. The summed E-state index contributed by atoms with van der Waals surface area (Å²) >= 11 is 0. The van der Waals surface area contributed by atoms with Crippen LogP contribution in [0, 0.1) is 19.3 Å². The van der Waals surface area contributed by atoms with Crippen LogP contribution >= 0.6 is 0 Å². The number of aryl methyl sites for hydroxylation is 2. The molecule has 0 aromatic carbocycles. The lowest BCUT2D eigenvalue weighted by atomic mass is 9.85. The van der Waals surface area contributed by atoms with Gasteiger partial charge in [0.05, 0.1) is 0 Å². The first-order valence-electron chi connectivity index (χ1n) is 7.25. The zero-order valence-corrected chi connectivity index (χ0v) is 13.7. The fourth-order valence-corrected chi connectivity index (χ4v) is 2.43. The molecule has 21 heavy (non-hydrogen) atoms. The molecule has 0 amide bonds. The zero-order valence-electron chi connectivity index (χ0n) is 13.7. The van der Waals surface area contributed by atoms with Gasteiger partial charge in [-0.05, 0) is 38.4 Å². The van der Waals surface area contributed by atoms with E-state index in [0.717, 1.165) is 23.4 Å². The van der Waals surface area contributed by atoms with E-state index in [9.17, 15) is 0 Å². The van der Waals surface area contributed by atoms with Crippen molar-refractivity contribution in [2.75, 3.05) is 7.05 Å². The van der Waals surface area contributed by atoms with E-state index in [4.69, 9.17) is 4.52 Å². The molecular weight excluding hydrogens is 264 g/mol. The van der Waals surface area contributed by atoms with Crippen LogP contribution in [0.1, 0.15) is 38.0 Å². The zero-order chi connectivity index (χ0) is 15.6. The molecule has 0 bridgehead atoms. The van der Waals surface area contributed by atoms with Crippen molar-refractivity contribution in [3.8, 4) is 11.4 Å². The molecule has 2 rings (SSSR count). The molecule has 0 aliphatic rings. The maximum absolute atomic E-state index is 5.40. The Balaban J connectivity index is 2.21. The summed E-state index contributed by atoms with van der Waals surface area (Å²) < 4.78 is 5.40. The number of hydrogen-bond donors (Lipinski definition) is 1. The van der Waals surface area contributed by atoms with Gasteiger partial charge >= 0.3 is 0 Å². The minimum atomic E-state index is 0.132. The first-order valence-corrected chi connectivity index (χ1v) is 7.25. The summed E-state index contributed by atoms with van der Waals surface area (Å²) in [4.78, 5) is 8.88. The Hall–Kier alpha value is -1.75. The van der Waals surface area contributed by atoms with Crippen molar-refractivity contribution in [1.82, 2.24) is 20.4 Å². The highest BCUT2D eigenvalue weighted by Crippen LogP contribution is 2.23. The summed E-state index contributed by atoms with van der Waals surface area (Å²) in [6, 6.07) is 4.23. The molecule has 0 saturated heterocycles. The van der Waals surface area contributed by atoms with E-state index >= 15 is 0 Å². The van der Waals surface area contributed by atoms with Gasteiger partial charge in [-0.3, -0.25) is 4.98 Å². The molecule has 5 nitrogen and oxygen atoms in total. The summed E-state index contributed by atoms with van der Waals surface area (Å²) in [6.07, 6.45) is 0.718. The third kappa shape index (κ3) is 3.88. The molecule has 0 spiro atoms. The van der Waals surface area contributed by atoms with E-state index in [-0.39, 0.29) is 11.5 Å². The smallest absolute Gasteiger partial charge is 0.228 e. The van der Waals surface area contributed by atoms with E-state index in [1.807, 2.05) is 33.0 Å². The highest BCUT2D eigenvalue weighted by Gasteiger charge is 2.25. The highest BCUT2D eigenvalue weighted by atomic mass is 16.5. The fraction of sp³-hybridized carbons (Fsp3) is 0.562. The van der Waals surface area contributed by atoms with Gasteiger partial charge in [0.25, 0.3) is 0 Å². The molecule has 2 aromatic rings. The summed E-state index contributed by atoms with van der Waals surface area (Å²) in [6.45, 7) is 10.5. The number of nitrogens with one attached hydrogen (secondary N) is 1. The molecule has 0 fully saturated rings. The van der Waals surface area contributed by atoms with Gasteiger partial charge in [-0.2, -0.15) is 4.98 Å². The average molecular weight is 288 g/mol. The molecule has 1 unspecified atom stereocenters. The third-order valence-corrected chi connectivity index (χ3v) is 3.58. The lowest BCUT2D eigenvalue weighted by Gasteiger charge is -2.29. The van der Waals surface area contributed by atoms with Crippen LogP contribution in [0.2, 0.25) is 0 Å². The van der Waals surface area contributed by atoms with Crippen molar-refractivity contribution in [2.24, 2.45) is 5.41 Å². The Morgan fingerprint density at radius 1 is 1.14 bits per heavy atom. The largest absolute Gasteiger partial charge is 0.339 e. The molecule has 2 aromatic heterocycles. The molecule has 114 valence electrons. The van der Waals surface area contributed by atoms with Crippen molar-refractivity contribution in [2.45, 2.75) is 47.1 Å². The van der Waals surface area contributed by atoms with E-state index < -0.39 is 0 Å². The summed E-state index contributed by atoms with van der Waals surface area (Å²) in [5.41, 5.74) is 3.00. The van der Waals surface area contributed by atoms with Crippen molar-refractivity contribution < 1.29 is 4.52 Å². The molecule has 1 atom stereocenters. The van der Waals surface area contributed by atoms with Gasteiger partial charge in [-0.1, -0.05) is 25.9 Å². The first-order chi connectivity index (χ1) is 9.79. The summed E-state index contributed by atoms with van der Waals surface area (Å²) in [5.74, 6) is 1.29. The van der Waals surface area contributed by atoms with Gasteiger partial charge in [-0.15, -0.1) is 0 Å². The minimum absolute atomic E-state index is 0.132. The predicted octanol–water partition coefficient (Wildman–Crippen LogP) is 2.93. The van der Waals surface area contributed by atoms with Crippen molar-refractivity contribution in [3.63, 3.8) is 0 Å². The maximum Gasteiger partial charge on any atom is 0.228 e. The first kappa shape index (κ1) is 15.6. The van der Waals surface area contributed by atoms with E-state index in [0.29, 0.717) is 11.7 Å². The molecule has 5 heteroatoms.